The second kappa shape index (κ2) is 4.64. The summed E-state index contributed by atoms with van der Waals surface area (Å²) in [7, 11) is 0. The number of aromatic hydroxyl groups is 1. The number of carbonyl (C=O) groups excluding carboxylic acids is 1. The van der Waals surface area contributed by atoms with Gasteiger partial charge in [0.2, 0.25) is 0 Å². The number of carbonyl (C=O) groups is 1. The van der Waals surface area contributed by atoms with Crippen LogP contribution in [0.15, 0.2) is 42.0 Å². The van der Waals surface area contributed by atoms with Crippen molar-refractivity contribution in [2.45, 2.75) is 20.3 Å². The third-order valence-electron chi connectivity index (χ3n) is 3.81. The summed E-state index contributed by atoms with van der Waals surface area (Å²) in [6, 6.07) is 11.3. The first-order valence-electron chi connectivity index (χ1n) is 6.69. The zero-order valence-corrected chi connectivity index (χ0v) is 11.6. The van der Waals surface area contributed by atoms with E-state index in [-0.39, 0.29) is 11.5 Å². The highest BCUT2D eigenvalue weighted by Crippen LogP contribution is 2.33. The van der Waals surface area contributed by atoms with Crippen LogP contribution in [0.5, 0.6) is 5.75 Å². The standard InChI is InChI=1S/C18H16O2/c1-11-6-7-13(12(2)8-11)9-14-10-16-15(18(14)20)4-3-5-17(16)19/h3-9,19H,10H2,1-2H3/b14-9+. The fourth-order valence-corrected chi connectivity index (χ4v) is 2.71. The molecule has 0 radical (unpaired) electrons. The van der Waals surface area contributed by atoms with Gasteiger partial charge in [0, 0.05) is 23.1 Å². The summed E-state index contributed by atoms with van der Waals surface area (Å²) in [6.07, 6.45) is 2.45. The van der Waals surface area contributed by atoms with E-state index in [9.17, 15) is 9.90 Å². The monoisotopic (exact) mass is 264 g/mol. The Balaban J connectivity index is 2.04. The van der Waals surface area contributed by atoms with Crippen molar-refractivity contribution in [3.8, 4) is 5.75 Å². The maximum atomic E-state index is 12.4. The number of hydrogen-bond donors (Lipinski definition) is 1. The third-order valence-corrected chi connectivity index (χ3v) is 3.81. The molecule has 0 unspecified atom stereocenters. The Labute approximate surface area is 118 Å². The van der Waals surface area contributed by atoms with Crippen molar-refractivity contribution in [1.82, 2.24) is 0 Å². The molecule has 0 fully saturated rings. The Hall–Kier alpha value is -2.35. The van der Waals surface area contributed by atoms with Gasteiger partial charge in [0.25, 0.3) is 0 Å². The number of phenols is 1. The smallest absolute Gasteiger partial charge is 0.189 e. The van der Waals surface area contributed by atoms with Crippen LogP contribution in [0.4, 0.5) is 0 Å². The Kier molecular flexibility index (Phi) is 2.94. The van der Waals surface area contributed by atoms with E-state index in [0.29, 0.717) is 12.0 Å². The van der Waals surface area contributed by atoms with Crippen LogP contribution in [0.2, 0.25) is 0 Å². The lowest BCUT2D eigenvalue weighted by Crippen LogP contribution is -1.95. The zero-order chi connectivity index (χ0) is 14.3. The Bertz CT molecular complexity index is 739. The number of fused-ring (bicyclic) bond motifs is 1. The first-order chi connectivity index (χ1) is 9.56. The number of rotatable bonds is 1. The van der Waals surface area contributed by atoms with Crippen LogP contribution in [0.3, 0.4) is 0 Å². The van der Waals surface area contributed by atoms with Crippen molar-refractivity contribution < 1.29 is 9.90 Å². The maximum Gasteiger partial charge on any atom is 0.189 e. The van der Waals surface area contributed by atoms with E-state index < -0.39 is 0 Å². The molecule has 0 amide bonds. The first-order valence-corrected chi connectivity index (χ1v) is 6.69. The molecule has 20 heavy (non-hydrogen) atoms. The minimum atomic E-state index is 0.0240. The molecule has 0 atom stereocenters. The van der Waals surface area contributed by atoms with Crippen LogP contribution in [0.1, 0.15) is 32.6 Å². The average molecular weight is 264 g/mol. The van der Waals surface area contributed by atoms with Crippen molar-refractivity contribution in [2.24, 2.45) is 0 Å². The van der Waals surface area contributed by atoms with E-state index in [1.807, 2.05) is 25.1 Å². The van der Waals surface area contributed by atoms with Gasteiger partial charge >= 0.3 is 0 Å². The lowest BCUT2D eigenvalue weighted by molar-refractivity contribution is 0.104. The molecule has 0 saturated carbocycles. The normalized spacial score (nSPS) is 15.7. The molecule has 2 aromatic rings. The zero-order valence-electron chi connectivity index (χ0n) is 11.6. The van der Waals surface area contributed by atoms with Gasteiger partial charge < -0.3 is 5.11 Å². The van der Waals surface area contributed by atoms with Crippen LogP contribution in [0.25, 0.3) is 6.08 Å². The van der Waals surface area contributed by atoms with E-state index in [0.717, 1.165) is 22.3 Å². The van der Waals surface area contributed by atoms with Gasteiger partial charge in [-0.25, -0.2) is 0 Å². The van der Waals surface area contributed by atoms with E-state index in [4.69, 9.17) is 0 Å². The number of hydrogen-bond acceptors (Lipinski definition) is 2. The summed E-state index contributed by atoms with van der Waals surface area (Å²) in [5.74, 6) is 0.232. The molecular formula is C18H16O2. The topological polar surface area (TPSA) is 37.3 Å². The molecule has 1 aliphatic rings. The van der Waals surface area contributed by atoms with Crippen molar-refractivity contribution in [1.29, 1.82) is 0 Å². The largest absolute Gasteiger partial charge is 0.508 e. The van der Waals surface area contributed by atoms with Crippen LogP contribution in [-0.4, -0.2) is 10.9 Å². The predicted molar refractivity (Wildman–Crippen MR) is 80.0 cm³/mol. The number of phenolic OH excluding ortho intramolecular Hbond substituents is 1. The van der Waals surface area contributed by atoms with Gasteiger partial charge in [-0.15, -0.1) is 0 Å². The Morgan fingerprint density at radius 1 is 1.15 bits per heavy atom. The fraction of sp³-hybridized carbons (Fsp3) is 0.167. The van der Waals surface area contributed by atoms with Crippen molar-refractivity contribution >= 4 is 11.9 Å². The molecule has 2 aromatic carbocycles. The SMILES string of the molecule is Cc1ccc(/C=C2\Cc3c(O)cccc3C2=O)c(C)c1. The molecule has 1 aliphatic carbocycles. The quantitative estimate of drug-likeness (QED) is 0.795. The maximum absolute atomic E-state index is 12.4. The molecule has 0 saturated heterocycles. The van der Waals surface area contributed by atoms with Gasteiger partial charge in [-0.2, -0.15) is 0 Å². The summed E-state index contributed by atoms with van der Waals surface area (Å²) in [5, 5.41) is 9.84. The number of ketones is 1. The number of Topliss-reactive ketones (excluding diaryl/α,β-unsaturated/α-hetero) is 1. The van der Waals surface area contributed by atoms with Crippen molar-refractivity contribution in [2.75, 3.05) is 0 Å². The summed E-state index contributed by atoms with van der Waals surface area (Å²) >= 11 is 0. The highest BCUT2D eigenvalue weighted by Gasteiger charge is 2.26. The van der Waals surface area contributed by atoms with Gasteiger partial charge in [0.05, 0.1) is 0 Å². The fourth-order valence-electron chi connectivity index (χ4n) is 2.71. The summed E-state index contributed by atoms with van der Waals surface area (Å²) in [6.45, 7) is 4.10. The van der Waals surface area contributed by atoms with E-state index >= 15 is 0 Å². The van der Waals surface area contributed by atoms with Crippen molar-refractivity contribution in [3.05, 3.63) is 69.8 Å². The van der Waals surface area contributed by atoms with Gasteiger partial charge in [0.1, 0.15) is 5.75 Å². The number of aryl methyl sites for hydroxylation is 2. The van der Waals surface area contributed by atoms with E-state index in [2.05, 4.69) is 13.0 Å². The lowest BCUT2D eigenvalue weighted by Gasteiger charge is -2.03. The Morgan fingerprint density at radius 2 is 1.95 bits per heavy atom. The highest BCUT2D eigenvalue weighted by atomic mass is 16.3. The molecule has 1 N–H and O–H groups in total. The summed E-state index contributed by atoms with van der Waals surface area (Å²) < 4.78 is 0. The van der Waals surface area contributed by atoms with Gasteiger partial charge in [0.15, 0.2) is 5.78 Å². The molecule has 0 aromatic heterocycles. The first kappa shape index (κ1) is 12.7. The number of allylic oxidation sites excluding steroid dienone is 1. The third kappa shape index (κ3) is 2.03. The average Bonchev–Trinajstić information content (AvgIpc) is 2.72. The second-order valence-electron chi connectivity index (χ2n) is 5.34. The molecular weight excluding hydrogens is 248 g/mol. The molecule has 0 aliphatic heterocycles. The lowest BCUT2D eigenvalue weighted by atomic mass is 10.0. The van der Waals surface area contributed by atoms with E-state index in [1.54, 1.807) is 18.2 Å². The van der Waals surface area contributed by atoms with Crippen LogP contribution in [-0.2, 0) is 6.42 Å². The molecule has 0 spiro atoms. The van der Waals surface area contributed by atoms with Crippen LogP contribution < -0.4 is 0 Å². The van der Waals surface area contributed by atoms with Gasteiger partial charge in [-0.05, 0) is 37.1 Å². The highest BCUT2D eigenvalue weighted by molar-refractivity contribution is 6.16. The summed E-state index contributed by atoms with van der Waals surface area (Å²) in [5.41, 5.74) is 5.54. The van der Waals surface area contributed by atoms with Crippen LogP contribution >= 0.6 is 0 Å². The molecule has 3 rings (SSSR count). The van der Waals surface area contributed by atoms with E-state index in [1.165, 1.54) is 5.56 Å². The molecule has 0 heterocycles. The second-order valence-corrected chi connectivity index (χ2v) is 5.34. The predicted octanol–water partition coefficient (Wildman–Crippen LogP) is 3.83. The minimum Gasteiger partial charge on any atom is -0.508 e. The Morgan fingerprint density at radius 3 is 2.65 bits per heavy atom. The molecule has 2 heteroatoms. The van der Waals surface area contributed by atoms with Gasteiger partial charge in [-0.1, -0.05) is 35.9 Å². The van der Waals surface area contributed by atoms with Gasteiger partial charge in [-0.3, -0.25) is 4.79 Å². The summed E-state index contributed by atoms with van der Waals surface area (Å²) in [4.78, 5) is 12.4. The number of benzene rings is 2. The molecule has 100 valence electrons. The molecule has 2 nitrogen and oxygen atoms in total. The minimum absolute atomic E-state index is 0.0240. The molecule has 0 bridgehead atoms. The van der Waals surface area contributed by atoms with Crippen molar-refractivity contribution in [3.63, 3.8) is 0 Å². The van der Waals surface area contributed by atoms with Crippen LogP contribution in [0, 0.1) is 13.8 Å².